The van der Waals surface area contributed by atoms with Gasteiger partial charge in [0.2, 0.25) is 15.7 Å². The first-order valence-electron chi connectivity index (χ1n) is 8.09. The zero-order chi connectivity index (χ0) is 21.1. The number of esters is 1. The Bertz CT molecular complexity index is 999. The van der Waals surface area contributed by atoms with E-state index >= 15 is 0 Å². The number of hydrogen-bond acceptors (Lipinski definition) is 8. The van der Waals surface area contributed by atoms with Gasteiger partial charge in [0.15, 0.2) is 5.00 Å². The topological polar surface area (TPSA) is 127 Å². The Labute approximate surface area is 171 Å². The molecule has 9 nitrogen and oxygen atoms in total. The van der Waals surface area contributed by atoms with E-state index in [2.05, 4.69) is 19.6 Å². The molecule has 28 heavy (non-hydrogen) atoms. The third kappa shape index (κ3) is 5.47. The zero-order valence-electron chi connectivity index (χ0n) is 15.6. The van der Waals surface area contributed by atoms with E-state index in [4.69, 9.17) is 16.3 Å². The number of rotatable bonds is 6. The maximum Gasteiger partial charge on any atom is 0.362 e. The molecule has 1 aromatic carbocycles. The van der Waals surface area contributed by atoms with E-state index < -0.39 is 27.4 Å². The lowest BCUT2D eigenvalue weighted by atomic mass is 10.1. The van der Waals surface area contributed by atoms with Gasteiger partial charge < -0.3 is 10.1 Å². The van der Waals surface area contributed by atoms with Gasteiger partial charge in [-0.15, -0.1) is 5.10 Å². The molecule has 0 aliphatic carbocycles. The van der Waals surface area contributed by atoms with Crippen LogP contribution in [0.25, 0.3) is 0 Å². The minimum atomic E-state index is -3.95. The van der Waals surface area contributed by atoms with Gasteiger partial charge in [0, 0.05) is 22.6 Å². The highest BCUT2D eigenvalue weighted by Crippen LogP contribution is 2.25. The van der Waals surface area contributed by atoms with Crippen molar-refractivity contribution in [1.82, 2.24) is 14.3 Å². The van der Waals surface area contributed by atoms with Crippen molar-refractivity contribution in [3.05, 3.63) is 34.5 Å². The molecule has 0 unspecified atom stereocenters. The average Bonchev–Trinajstić information content (AvgIpc) is 3.01. The van der Waals surface area contributed by atoms with Crippen LogP contribution in [0.4, 0.5) is 5.00 Å². The molecular formula is C16H19ClN4O5S2. The van der Waals surface area contributed by atoms with Crippen molar-refractivity contribution in [2.45, 2.75) is 38.1 Å². The van der Waals surface area contributed by atoms with Crippen LogP contribution in [0, 0.1) is 0 Å². The Hall–Kier alpha value is -2.08. The molecule has 0 aliphatic heterocycles. The number of anilines is 1. The van der Waals surface area contributed by atoms with E-state index in [1.807, 2.05) is 0 Å². The number of carbonyl (C=O) groups excluding carboxylic acids is 2. The molecule has 12 heteroatoms. The van der Waals surface area contributed by atoms with Crippen LogP contribution in [-0.2, 0) is 14.8 Å². The van der Waals surface area contributed by atoms with Crippen molar-refractivity contribution in [2.24, 2.45) is 0 Å². The van der Waals surface area contributed by atoms with Gasteiger partial charge in [-0.3, -0.25) is 4.79 Å². The quantitative estimate of drug-likeness (QED) is 0.653. The monoisotopic (exact) mass is 446 g/mol. The Morgan fingerprint density at radius 2 is 1.96 bits per heavy atom. The number of halogens is 1. The lowest BCUT2D eigenvalue weighted by Gasteiger charge is -2.21. The molecule has 0 aliphatic rings. The zero-order valence-corrected chi connectivity index (χ0v) is 18.0. The van der Waals surface area contributed by atoms with Crippen molar-refractivity contribution in [2.75, 3.05) is 11.9 Å². The van der Waals surface area contributed by atoms with Crippen LogP contribution in [0.2, 0.25) is 5.02 Å². The highest BCUT2D eigenvalue weighted by atomic mass is 35.5. The van der Waals surface area contributed by atoms with Gasteiger partial charge in [0.25, 0.3) is 5.91 Å². The number of aromatic nitrogens is 2. The van der Waals surface area contributed by atoms with E-state index in [-0.39, 0.29) is 32.8 Å². The van der Waals surface area contributed by atoms with Gasteiger partial charge in [-0.2, -0.15) is 0 Å². The summed E-state index contributed by atoms with van der Waals surface area (Å²) in [6.07, 6.45) is 0. The van der Waals surface area contributed by atoms with E-state index in [0.29, 0.717) is 0 Å². The maximum absolute atomic E-state index is 12.6. The van der Waals surface area contributed by atoms with Gasteiger partial charge in [0.05, 0.1) is 11.6 Å². The van der Waals surface area contributed by atoms with Crippen LogP contribution in [0.15, 0.2) is 23.1 Å². The first-order valence-corrected chi connectivity index (χ1v) is 10.7. The SMILES string of the molecule is CCOC(=O)c1nnsc1NC(=O)c1ccc(Cl)c(S(=O)(=O)NC(C)(C)C)c1. The number of benzene rings is 1. The summed E-state index contributed by atoms with van der Waals surface area (Å²) in [6.45, 7) is 6.83. The van der Waals surface area contributed by atoms with Crippen LogP contribution in [0.3, 0.4) is 0 Å². The third-order valence-corrected chi connectivity index (χ3v) is 5.99. The van der Waals surface area contributed by atoms with E-state index in [0.717, 1.165) is 17.6 Å². The largest absolute Gasteiger partial charge is 0.461 e. The van der Waals surface area contributed by atoms with Crippen LogP contribution in [0.5, 0.6) is 0 Å². The molecule has 0 radical (unpaired) electrons. The van der Waals surface area contributed by atoms with Crippen LogP contribution in [-0.4, -0.2) is 42.0 Å². The van der Waals surface area contributed by atoms with E-state index in [1.54, 1.807) is 27.7 Å². The molecule has 0 fully saturated rings. The van der Waals surface area contributed by atoms with Crippen LogP contribution in [0.1, 0.15) is 48.5 Å². The summed E-state index contributed by atoms with van der Waals surface area (Å²) in [5.74, 6) is -1.37. The van der Waals surface area contributed by atoms with Crippen molar-refractivity contribution in [3.8, 4) is 0 Å². The molecule has 2 N–H and O–H groups in total. The molecule has 1 amide bonds. The Morgan fingerprint density at radius 3 is 2.57 bits per heavy atom. The van der Waals surface area contributed by atoms with Crippen molar-refractivity contribution < 1.29 is 22.7 Å². The number of amides is 1. The summed E-state index contributed by atoms with van der Waals surface area (Å²) in [4.78, 5) is 24.2. The number of ether oxygens (including phenoxy) is 1. The number of nitrogens with zero attached hydrogens (tertiary/aromatic N) is 2. The average molecular weight is 447 g/mol. The molecule has 0 spiro atoms. The lowest BCUT2D eigenvalue weighted by molar-refractivity contribution is 0.0520. The van der Waals surface area contributed by atoms with Crippen LogP contribution >= 0.6 is 23.1 Å². The molecule has 0 saturated heterocycles. The predicted molar refractivity (Wildman–Crippen MR) is 105 cm³/mol. The second kappa shape index (κ2) is 8.52. The fourth-order valence-electron chi connectivity index (χ4n) is 2.09. The molecule has 152 valence electrons. The second-order valence-electron chi connectivity index (χ2n) is 6.63. The first-order chi connectivity index (χ1) is 12.9. The predicted octanol–water partition coefficient (Wildman–Crippen LogP) is 2.70. The lowest BCUT2D eigenvalue weighted by Crippen LogP contribution is -2.40. The fourth-order valence-corrected chi connectivity index (χ4v) is 4.59. The molecule has 2 rings (SSSR count). The summed E-state index contributed by atoms with van der Waals surface area (Å²) in [5.41, 5.74) is -0.832. The van der Waals surface area contributed by atoms with Crippen molar-refractivity contribution in [3.63, 3.8) is 0 Å². The van der Waals surface area contributed by atoms with E-state index in [9.17, 15) is 18.0 Å². The normalized spacial score (nSPS) is 11.9. The van der Waals surface area contributed by atoms with Gasteiger partial charge in [0.1, 0.15) is 4.90 Å². The van der Waals surface area contributed by atoms with E-state index in [1.165, 1.54) is 12.1 Å². The summed E-state index contributed by atoms with van der Waals surface area (Å²) >= 11 is 6.83. The van der Waals surface area contributed by atoms with Gasteiger partial charge in [-0.1, -0.05) is 16.1 Å². The Balaban J connectivity index is 2.32. The maximum atomic E-state index is 12.6. The third-order valence-electron chi connectivity index (χ3n) is 3.11. The molecular weight excluding hydrogens is 428 g/mol. The Morgan fingerprint density at radius 1 is 1.29 bits per heavy atom. The smallest absolute Gasteiger partial charge is 0.362 e. The number of sulfonamides is 1. The Kier molecular flexibility index (Phi) is 6.75. The first kappa shape index (κ1) is 22.2. The second-order valence-corrected chi connectivity index (χ2v) is 9.44. The molecule has 2 aromatic rings. The van der Waals surface area contributed by atoms with Gasteiger partial charge in [-0.25, -0.2) is 17.9 Å². The highest BCUT2D eigenvalue weighted by Gasteiger charge is 2.26. The van der Waals surface area contributed by atoms with Crippen LogP contribution < -0.4 is 10.0 Å². The number of nitrogens with one attached hydrogen (secondary N) is 2. The number of hydrogen-bond donors (Lipinski definition) is 2. The minimum absolute atomic E-state index is 0.0278. The standard InChI is InChI=1S/C16H19ClN4O5S2/c1-5-26-15(23)12-14(27-21-19-12)18-13(22)9-6-7-10(17)11(8-9)28(24,25)20-16(2,3)4/h6-8,20H,5H2,1-4H3,(H,18,22). The van der Waals surface area contributed by atoms with Crippen molar-refractivity contribution >= 4 is 50.0 Å². The molecule has 0 bridgehead atoms. The minimum Gasteiger partial charge on any atom is -0.461 e. The molecule has 1 aromatic heterocycles. The van der Waals surface area contributed by atoms with Gasteiger partial charge >= 0.3 is 5.97 Å². The van der Waals surface area contributed by atoms with Gasteiger partial charge in [-0.05, 0) is 45.9 Å². The molecule has 1 heterocycles. The van der Waals surface area contributed by atoms with Crippen molar-refractivity contribution in [1.29, 1.82) is 0 Å². The molecule has 0 saturated carbocycles. The summed E-state index contributed by atoms with van der Waals surface area (Å²) < 4.78 is 36.1. The fraction of sp³-hybridized carbons (Fsp3) is 0.375. The highest BCUT2D eigenvalue weighted by molar-refractivity contribution is 7.89. The molecule has 0 atom stereocenters. The summed E-state index contributed by atoms with van der Waals surface area (Å²) in [6, 6.07) is 3.83. The summed E-state index contributed by atoms with van der Waals surface area (Å²) in [5, 5.41) is 6.20. The number of carbonyl (C=O) groups is 2. The summed E-state index contributed by atoms with van der Waals surface area (Å²) in [7, 11) is -3.95.